The third kappa shape index (κ3) is 3.50. The molecule has 1 rings (SSSR count). The highest BCUT2D eigenvalue weighted by Gasteiger charge is 2.00. The lowest BCUT2D eigenvalue weighted by Gasteiger charge is -2.00. The minimum Gasteiger partial charge on any atom is -0.352 e. The molecule has 1 aromatic heterocycles. The van der Waals surface area contributed by atoms with E-state index in [-0.39, 0.29) is 5.91 Å². The van der Waals surface area contributed by atoms with Crippen LogP contribution in [0.3, 0.4) is 0 Å². The van der Waals surface area contributed by atoms with Crippen LogP contribution in [0.4, 0.5) is 0 Å². The van der Waals surface area contributed by atoms with Crippen LogP contribution in [0, 0.1) is 0 Å². The van der Waals surface area contributed by atoms with Gasteiger partial charge in [0.15, 0.2) is 0 Å². The van der Waals surface area contributed by atoms with E-state index in [0.717, 1.165) is 5.56 Å². The Morgan fingerprint density at radius 3 is 3.08 bits per heavy atom. The Balaban J connectivity index is 2.30. The van der Waals surface area contributed by atoms with E-state index in [1.54, 1.807) is 10.9 Å². The molecule has 0 spiro atoms. The van der Waals surface area contributed by atoms with Crippen molar-refractivity contribution in [2.75, 3.05) is 5.75 Å². The largest absolute Gasteiger partial charge is 0.352 e. The molecule has 0 saturated heterocycles. The number of carbonyl (C=O) groups excluding carboxylic acids is 1. The Hall–Kier alpha value is -0.970. The van der Waals surface area contributed by atoms with E-state index < -0.39 is 0 Å². The summed E-state index contributed by atoms with van der Waals surface area (Å²) in [5.41, 5.74) is 1.01. The molecule has 5 heteroatoms. The van der Waals surface area contributed by atoms with Crippen LogP contribution in [0.2, 0.25) is 0 Å². The third-order valence-electron chi connectivity index (χ3n) is 1.59. The molecule has 1 heterocycles. The zero-order valence-corrected chi connectivity index (χ0v) is 8.42. The van der Waals surface area contributed by atoms with Crippen molar-refractivity contribution in [3.05, 3.63) is 18.0 Å². The lowest BCUT2D eigenvalue weighted by atomic mass is 10.3. The number of rotatable bonds is 4. The normalized spacial score (nSPS) is 10.0. The molecule has 0 unspecified atom stereocenters. The second-order valence-corrected chi connectivity index (χ2v) is 3.22. The molecule has 0 fully saturated rings. The number of thiol groups is 1. The SMILES string of the molecule is Cn1cc(CNC(=O)CCS)cn1. The minimum absolute atomic E-state index is 0.0267. The van der Waals surface area contributed by atoms with Crippen molar-refractivity contribution in [2.24, 2.45) is 7.05 Å². The van der Waals surface area contributed by atoms with Gasteiger partial charge in [0.2, 0.25) is 5.91 Å². The van der Waals surface area contributed by atoms with Gasteiger partial charge in [0.05, 0.1) is 6.20 Å². The molecular formula is C8H13N3OS. The van der Waals surface area contributed by atoms with Crippen LogP contribution in [-0.2, 0) is 18.4 Å². The molecule has 4 nitrogen and oxygen atoms in total. The average molecular weight is 199 g/mol. The lowest BCUT2D eigenvalue weighted by molar-refractivity contribution is -0.120. The van der Waals surface area contributed by atoms with Gasteiger partial charge in [-0.3, -0.25) is 9.48 Å². The van der Waals surface area contributed by atoms with Gasteiger partial charge in [-0.1, -0.05) is 0 Å². The van der Waals surface area contributed by atoms with Crippen LogP contribution in [0.15, 0.2) is 12.4 Å². The van der Waals surface area contributed by atoms with E-state index in [0.29, 0.717) is 18.7 Å². The van der Waals surface area contributed by atoms with Gasteiger partial charge in [-0.2, -0.15) is 17.7 Å². The molecule has 0 aliphatic carbocycles. The van der Waals surface area contributed by atoms with Crippen molar-refractivity contribution in [3.63, 3.8) is 0 Å². The first-order valence-corrected chi connectivity index (χ1v) is 4.70. The Labute approximate surface area is 82.7 Å². The van der Waals surface area contributed by atoms with Crippen LogP contribution >= 0.6 is 12.6 Å². The first-order chi connectivity index (χ1) is 6.22. The number of aromatic nitrogens is 2. The molecule has 0 aliphatic rings. The average Bonchev–Trinajstić information content (AvgIpc) is 2.49. The van der Waals surface area contributed by atoms with Crippen LogP contribution in [0.25, 0.3) is 0 Å². The second-order valence-electron chi connectivity index (χ2n) is 2.77. The number of nitrogens with one attached hydrogen (secondary N) is 1. The maximum Gasteiger partial charge on any atom is 0.221 e. The highest BCUT2D eigenvalue weighted by Crippen LogP contribution is 1.95. The van der Waals surface area contributed by atoms with E-state index in [2.05, 4.69) is 23.0 Å². The topological polar surface area (TPSA) is 46.9 Å². The summed E-state index contributed by atoms with van der Waals surface area (Å²) in [5.74, 6) is 0.609. The summed E-state index contributed by atoms with van der Waals surface area (Å²) in [5, 5.41) is 6.76. The van der Waals surface area contributed by atoms with Crippen LogP contribution in [0.5, 0.6) is 0 Å². The maximum atomic E-state index is 11.0. The first kappa shape index (κ1) is 10.1. The van der Waals surface area contributed by atoms with Crippen LogP contribution in [0.1, 0.15) is 12.0 Å². The summed E-state index contributed by atoms with van der Waals surface area (Å²) >= 11 is 3.97. The fraction of sp³-hybridized carbons (Fsp3) is 0.500. The van der Waals surface area contributed by atoms with Crippen molar-refractivity contribution >= 4 is 18.5 Å². The predicted molar refractivity (Wildman–Crippen MR) is 53.5 cm³/mol. The van der Waals surface area contributed by atoms with Crippen molar-refractivity contribution in [1.29, 1.82) is 0 Å². The molecule has 0 atom stereocenters. The fourth-order valence-corrected chi connectivity index (χ4v) is 1.16. The molecule has 72 valence electrons. The van der Waals surface area contributed by atoms with Gasteiger partial charge >= 0.3 is 0 Å². The second kappa shape index (κ2) is 4.91. The van der Waals surface area contributed by atoms with E-state index in [1.165, 1.54) is 0 Å². The number of hydrogen-bond acceptors (Lipinski definition) is 3. The molecule has 13 heavy (non-hydrogen) atoms. The summed E-state index contributed by atoms with van der Waals surface area (Å²) in [6.45, 7) is 0.542. The van der Waals surface area contributed by atoms with Gasteiger partial charge in [-0.15, -0.1) is 0 Å². The van der Waals surface area contributed by atoms with Crippen molar-refractivity contribution in [3.8, 4) is 0 Å². The van der Waals surface area contributed by atoms with Gasteiger partial charge in [0.1, 0.15) is 0 Å². The lowest BCUT2D eigenvalue weighted by Crippen LogP contribution is -2.22. The number of carbonyl (C=O) groups is 1. The summed E-state index contributed by atoms with van der Waals surface area (Å²) in [4.78, 5) is 11.0. The van der Waals surface area contributed by atoms with E-state index in [9.17, 15) is 4.79 Å². The van der Waals surface area contributed by atoms with Crippen LogP contribution < -0.4 is 5.32 Å². The molecule has 0 radical (unpaired) electrons. The molecular weight excluding hydrogens is 186 g/mol. The predicted octanol–water partition coefficient (Wildman–Crippen LogP) is 0.356. The van der Waals surface area contributed by atoms with E-state index >= 15 is 0 Å². The number of amides is 1. The van der Waals surface area contributed by atoms with E-state index in [1.807, 2.05) is 13.2 Å². The molecule has 0 bridgehead atoms. The van der Waals surface area contributed by atoms with Crippen molar-refractivity contribution < 1.29 is 4.79 Å². The zero-order chi connectivity index (χ0) is 9.68. The molecule has 0 aromatic carbocycles. The number of nitrogens with zero attached hydrogens (tertiary/aromatic N) is 2. The van der Waals surface area contributed by atoms with Gasteiger partial charge in [-0.05, 0) is 5.75 Å². The molecule has 1 aromatic rings. The Bertz CT molecular complexity index is 285. The standard InChI is InChI=1S/C8H13N3OS/c1-11-6-7(5-10-11)4-9-8(12)2-3-13/h5-6,13H,2-4H2,1H3,(H,9,12). The zero-order valence-electron chi connectivity index (χ0n) is 7.53. The highest BCUT2D eigenvalue weighted by molar-refractivity contribution is 7.80. The Kier molecular flexibility index (Phi) is 3.82. The fourth-order valence-electron chi connectivity index (χ4n) is 0.954. The Morgan fingerprint density at radius 1 is 1.77 bits per heavy atom. The molecule has 0 saturated carbocycles. The minimum atomic E-state index is 0.0267. The van der Waals surface area contributed by atoms with Gasteiger partial charge in [0.25, 0.3) is 0 Å². The van der Waals surface area contributed by atoms with Crippen molar-refractivity contribution in [2.45, 2.75) is 13.0 Å². The quantitative estimate of drug-likeness (QED) is 0.688. The van der Waals surface area contributed by atoms with Crippen LogP contribution in [-0.4, -0.2) is 21.4 Å². The van der Waals surface area contributed by atoms with Gasteiger partial charge in [0, 0.05) is 31.8 Å². The smallest absolute Gasteiger partial charge is 0.221 e. The summed E-state index contributed by atoms with van der Waals surface area (Å²) in [6.07, 6.45) is 4.07. The van der Waals surface area contributed by atoms with Gasteiger partial charge in [-0.25, -0.2) is 0 Å². The third-order valence-corrected chi connectivity index (χ3v) is 1.81. The monoisotopic (exact) mass is 199 g/mol. The molecule has 1 N–H and O–H groups in total. The van der Waals surface area contributed by atoms with Gasteiger partial charge < -0.3 is 5.32 Å². The Morgan fingerprint density at radius 2 is 2.54 bits per heavy atom. The summed E-state index contributed by atoms with van der Waals surface area (Å²) in [6, 6.07) is 0. The van der Waals surface area contributed by atoms with E-state index in [4.69, 9.17) is 0 Å². The summed E-state index contributed by atoms with van der Waals surface area (Å²) in [7, 11) is 1.85. The molecule has 1 amide bonds. The highest BCUT2D eigenvalue weighted by atomic mass is 32.1. The van der Waals surface area contributed by atoms with Crippen molar-refractivity contribution in [1.82, 2.24) is 15.1 Å². The number of aryl methyl sites for hydroxylation is 1. The molecule has 0 aliphatic heterocycles. The number of hydrogen-bond donors (Lipinski definition) is 2. The maximum absolute atomic E-state index is 11.0. The first-order valence-electron chi connectivity index (χ1n) is 4.07. The summed E-state index contributed by atoms with van der Waals surface area (Å²) < 4.78 is 1.71.